The third-order valence-electron chi connectivity index (χ3n) is 5.43. The summed E-state index contributed by atoms with van der Waals surface area (Å²) in [6.45, 7) is 0.750. The monoisotopic (exact) mass is 377 g/mol. The fraction of sp³-hybridized carbons (Fsp3) is 0.348. The quantitative estimate of drug-likeness (QED) is 0.683. The highest BCUT2D eigenvalue weighted by Gasteiger charge is 2.20. The second-order valence-corrected chi connectivity index (χ2v) is 7.40. The van der Waals surface area contributed by atoms with E-state index in [4.69, 9.17) is 9.84 Å². The first-order chi connectivity index (χ1) is 13.7. The minimum Gasteiger partial charge on any atom is -0.497 e. The van der Waals surface area contributed by atoms with Crippen molar-refractivity contribution < 1.29 is 9.84 Å². The summed E-state index contributed by atoms with van der Waals surface area (Å²) in [5.74, 6) is 0.826. The summed E-state index contributed by atoms with van der Waals surface area (Å²) in [7, 11) is 1.68. The van der Waals surface area contributed by atoms with Crippen molar-refractivity contribution in [3.8, 4) is 22.7 Å². The highest BCUT2D eigenvalue weighted by molar-refractivity contribution is 5.65. The van der Waals surface area contributed by atoms with Crippen molar-refractivity contribution in [2.45, 2.75) is 44.4 Å². The van der Waals surface area contributed by atoms with E-state index in [1.165, 1.54) is 0 Å². The van der Waals surface area contributed by atoms with Gasteiger partial charge in [-0.3, -0.25) is 0 Å². The molecule has 5 heteroatoms. The predicted molar refractivity (Wildman–Crippen MR) is 111 cm³/mol. The van der Waals surface area contributed by atoms with Crippen LogP contribution in [0.1, 0.15) is 31.2 Å². The summed E-state index contributed by atoms with van der Waals surface area (Å²) in [5.41, 5.74) is 4.21. The van der Waals surface area contributed by atoms with E-state index < -0.39 is 0 Å². The molecule has 4 rings (SSSR count). The molecule has 1 aliphatic carbocycles. The number of hydrogen-bond donors (Lipinski definition) is 2. The van der Waals surface area contributed by atoms with E-state index in [9.17, 15) is 5.11 Å². The lowest BCUT2D eigenvalue weighted by atomic mass is 9.93. The highest BCUT2D eigenvalue weighted by Crippen LogP contribution is 2.27. The average molecular weight is 377 g/mol. The molecule has 0 bridgehead atoms. The largest absolute Gasteiger partial charge is 0.497 e. The molecular formula is C23H27N3O2. The van der Waals surface area contributed by atoms with Crippen LogP contribution in [0.4, 0.5) is 0 Å². The lowest BCUT2D eigenvalue weighted by molar-refractivity contribution is 0.116. The van der Waals surface area contributed by atoms with Crippen molar-refractivity contribution in [1.29, 1.82) is 0 Å². The molecule has 3 aromatic rings. The van der Waals surface area contributed by atoms with Crippen molar-refractivity contribution >= 4 is 0 Å². The highest BCUT2D eigenvalue weighted by atomic mass is 16.5. The van der Waals surface area contributed by atoms with E-state index in [1.54, 1.807) is 7.11 Å². The molecule has 2 aromatic carbocycles. The first kappa shape index (κ1) is 18.7. The normalized spacial score (nSPS) is 19.5. The van der Waals surface area contributed by atoms with Crippen molar-refractivity contribution in [2.24, 2.45) is 0 Å². The van der Waals surface area contributed by atoms with Gasteiger partial charge in [-0.1, -0.05) is 30.3 Å². The number of nitrogens with zero attached hydrogens (tertiary/aromatic N) is 2. The Bertz CT molecular complexity index is 899. The summed E-state index contributed by atoms with van der Waals surface area (Å²) in [4.78, 5) is 0. The van der Waals surface area contributed by atoms with Crippen molar-refractivity contribution in [3.63, 3.8) is 0 Å². The minimum absolute atomic E-state index is 0.133. The van der Waals surface area contributed by atoms with Crippen LogP contribution in [0, 0.1) is 0 Å². The maximum absolute atomic E-state index is 9.73. The van der Waals surface area contributed by atoms with Gasteiger partial charge in [0.15, 0.2) is 0 Å². The molecule has 0 aliphatic heterocycles. The molecule has 1 aromatic heterocycles. The summed E-state index contributed by atoms with van der Waals surface area (Å²) in [6, 6.07) is 18.7. The number of benzene rings is 2. The van der Waals surface area contributed by atoms with Crippen LogP contribution in [-0.4, -0.2) is 34.1 Å². The third kappa shape index (κ3) is 4.26. The van der Waals surface area contributed by atoms with Crippen LogP contribution in [0.25, 0.3) is 16.9 Å². The zero-order valence-corrected chi connectivity index (χ0v) is 16.2. The summed E-state index contributed by atoms with van der Waals surface area (Å²) in [6.07, 6.45) is 5.76. The average Bonchev–Trinajstić information content (AvgIpc) is 3.18. The molecule has 146 valence electrons. The Morgan fingerprint density at radius 3 is 2.61 bits per heavy atom. The number of aliphatic hydroxyl groups excluding tert-OH is 1. The van der Waals surface area contributed by atoms with Gasteiger partial charge >= 0.3 is 0 Å². The SMILES string of the molecule is COc1cccc(-c2nn(-c3ccccc3)cc2CNC2CCC(O)CC2)c1. The smallest absolute Gasteiger partial charge is 0.119 e. The van der Waals surface area contributed by atoms with Gasteiger partial charge in [-0.25, -0.2) is 4.68 Å². The Balaban J connectivity index is 1.62. The zero-order valence-electron chi connectivity index (χ0n) is 16.2. The molecule has 2 N–H and O–H groups in total. The number of methoxy groups -OCH3 is 1. The zero-order chi connectivity index (χ0) is 19.3. The van der Waals surface area contributed by atoms with Crippen LogP contribution in [0.5, 0.6) is 5.75 Å². The Hall–Kier alpha value is -2.63. The molecule has 0 unspecified atom stereocenters. The molecule has 0 radical (unpaired) electrons. The van der Waals surface area contributed by atoms with Crippen LogP contribution in [0.2, 0.25) is 0 Å². The van der Waals surface area contributed by atoms with Crippen molar-refractivity contribution in [3.05, 3.63) is 66.4 Å². The first-order valence-electron chi connectivity index (χ1n) is 9.93. The maximum Gasteiger partial charge on any atom is 0.119 e. The number of hydrogen-bond acceptors (Lipinski definition) is 4. The minimum atomic E-state index is -0.133. The Labute approximate surface area is 166 Å². The molecular weight excluding hydrogens is 350 g/mol. The van der Waals surface area contributed by atoms with E-state index >= 15 is 0 Å². The topological polar surface area (TPSA) is 59.3 Å². The molecule has 0 saturated heterocycles. The number of para-hydroxylation sites is 1. The van der Waals surface area contributed by atoms with Gasteiger partial charge in [-0.15, -0.1) is 0 Å². The lowest BCUT2D eigenvalue weighted by Crippen LogP contribution is -2.34. The molecule has 0 spiro atoms. The van der Waals surface area contributed by atoms with Gasteiger partial charge in [0.1, 0.15) is 5.75 Å². The van der Waals surface area contributed by atoms with Gasteiger partial charge in [0.2, 0.25) is 0 Å². The summed E-state index contributed by atoms with van der Waals surface area (Å²) in [5, 5.41) is 18.3. The van der Waals surface area contributed by atoms with Gasteiger partial charge in [-0.2, -0.15) is 5.10 Å². The molecule has 5 nitrogen and oxygen atoms in total. The molecule has 1 saturated carbocycles. The number of aromatic nitrogens is 2. The molecule has 0 amide bonds. The van der Waals surface area contributed by atoms with Crippen molar-refractivity contribution in [2.75, 3.05) is 7.11 Å². The van der Waals surface area contributed by atoms with E-state index in [-0.39, 0.29) is 6.10 Å². The van der Waals surface area contributed by atoms with Gasteiger partial charge < -0.3 is 15.2 Å². The first-order valence-corrected chi connectivity index (χ1v) is 9.93. The van der Waals surface area contributed by atoms with Crippen molar-refractivity contribution in [1.82, 2.24) is 15.1 Å². The second-order valence-electron chi connectivity index (χ2n) is 7.40. The molecule has 0 atom stereocenters. The number of aliphatic hydroxyl groups is 1. The van der Waals surface area contributed by atoms with Crippen LogP contribution < -0.4 is 10.1 Å². The summed E-state index contributed by atoms with van der Waals surface area (Å²) < 4.78 is 7.34. The van der Waals surface area contributed by atoms with Gasteiger partial charge in [0.25, 0.3) is 0 Å². The number of ether oxygens (including phenoxy) is 1. The third-order valence-corrected chi connectivity index (χ3v) is 5.43. The van der Waals surface area contributed by atoms with Gasteiger partial charge in [-0.05, 0) is 49.9 Å². The molecule has 28 heavy (non-hydrogen) atoms. The van der Waals surface area contributed by atoms with E-state index in [0.29, 0.717) is 6.04 Å². The van der Waals surface area contributed by atoms with Crippen LogP contribution >= 0.6 is 0 Å². The standard InChI is InChI=1S/C23H27N3O2/c1-28-22-9-5-6-17(14-22)23-18(15-24-19-10-12-21(27)13-11-19)16-26(25-23)20-7-3-2-4-8-20/h2-9,14,16,19,21,24,27H,10-13,15H2,1H3. The van der Waals surface area contributed by atoms with Crippen LogP contribution in [0.15, 0.2) is 60.8 Å². The fourth-order valence-corrected chi connectivity index (χ4v) is 3.80. The van der Waals surface area contributed by atoms with E-state index in [0.717, 1.165) is 60.5 Å². The summed E-state index contributed by atoms with van der Waals surface area (Å²) >= 11 is 0. The second kappa shape index (κ2) is 8.59. The van der Waals surface area contributed by atoms with Gasteiger partial charge in [0.05, 0.1) is 24.6 Å². The van der Waals surface area contributed by atoms with E-state index in [1.807, 2.05) is 41.1 Å². The Kier molecular flexibility index (Phi) is 5.74. The van der Waals surface area contributed by atoms with Crippen LogP contribution in [0.3, 0.4) is 0 Å². The fourth-order valence-electron chi connectivity index (χ4n) is 3.80. The maximum atomic E-state index is 9.73. The Morgan fingerprint density at radius 2 is 1.86 bits per heavy atom. The molecule has 1 fully saturated rings. The Morgan fingerprint density at radius 1 is 1.07 bits per heavy atom. The van der Waals surface area contributed by atoms with E-state index in [2.05, 4.69) is 29.7 Å². The number of rotatable bonds is 6. The number of nitrogens with one attached hydrogen (secondary N) is 1. The molecule has 1 aliphatic rings. The molecule has 1 heterocycles. The lowest BCUT2D eigenvalue weighted by Gasteiger charge is -2.26. The van der Waals surface area contributed by atoms with Gasteiger partial charge in [0, 0.05) is 29.9 Å². The predicted octanol–water partition coefficient (Wildman–Crippen LogP) is 3.94. The van der Waals surface area contributed by atoms with Crippen LogP contribution in [-0.2, 0) is 6.54 Å².